The maximum Gasteiger partial charge on any atom is 0.264 e. The van der Waals surface area contributed by atoms with Crippen molar-refractivity contribution in [3.63, 3.8) is 0 Å². The molecule has 0 bridgehead atoms. The van der Waals surface area contributed by atoms with Gasteiger partial charge in [-0.05, 0) is 61.5 Å². The third-order valence-corrected chi connectivity index (χ3v) is 5.39. The fraction of sp³-hybridized carbons (Fsp3) is 0.200. The molecule has 1 fully saturated rings. The van der Waals surface area contributed by atoms with Crippen LogP contribution in [-0.2, 0) is 4.79 Å². The highest BCUT2D eigenvalue weighted by Crippen LogP contribution is 2.35. The summed E-state index contributed by atoms with van der Waals surface area (Å²) in [5.74, 6) is 1.09. The van der Waals surface area contributed by atoms with Crippen molar-refractivity contribution in [2.24, 2.45) is 4.99 Å². The number of benzene rings is 2. The number of ether oxygens (including phenoxy) is 2. The number of amides is 1. The van der Waals surface area contributed by atoms with Gasteiger partial charge in [-0.25, -0.2) is 4.99 Å². The van der Waals surface area contributed by atoms with Gasteiger partial charge in [-0.1, -0.05) is 35.3 Å². The number of rotatable bonds is 6. The number of amidine groups is 1. The first-order valence-electron chi connectivity index (χ1n) is 8.65. The second-order valence-electron chi connectivity index (χ2n) is 5.63. The van der Waals surface area contributed by atoms with Gasteiger partial charge >= 0.3 is 0 Å². The first-order chi connectivity index (χ1) is 13.5. The standard InChI is InChI=1S/C20H18Cl2N2O3S/c1-3-26-15-9-8-12(10-16(15)27-4-2)11-17-19(25)24-20(28-17)23-14-7-5-6-13(21)18(14)22/h5-11H,3-4H2,1-2H3,(H,23,24,25)/b17-11+. The molecule has 2 aromatic carbocycles. The molecule has 28 heavy (non-hydrogen) atoms. The second kappa shape index (κ2) is 9.37. The number of nitrogens with zero attached hydrogens (tertiary/aromatic N) is 1. The van der Waals surface area contributed by atoms with Crippen LogP contribution in [0.5, 0.6) is 11.5 Å². The molecule has 1 N–H and O–H groups in total. The smallest absolute Gasteiger partial charge is 0.264 e. The Bertz CT molecular complexity index is 960. The van der Waals surface area contributed by atoms with Crippen molar-refractivity contribution in [2.45, 2.75) is 13.8 Å². The van der Waals surface area contributed by atoms with Crippen molar-refractivity contribution < 1.29 is 14.3 Å². The van der Waals surface area contributed by atoms with Gasteiger partial charge in [0.05, 0.1) is 33.9 Å². The van der Waals surface area contributed by atoms with Crippen molar-refractivity contribution >= 4 is 57.8 Å². The van der Waals surface area contributed by atoms with E-state index in [1.54, 1.807) is 24.3 Å². The van der Waals surface area contributed by atoms with E-state index in [9.17, 15) is 4.79 Å². The molecular weight excluding hydrogens is 419 g/mol. The Morgan fingerprint density at radius 2 is 1.86 bits per heavy atom. The minimum absolute atomic E-state index is 0.228. The van der Waals surface area contributed by atoms with Crippen molar-refractivity contribution in [1.82, 2.24) is 5.32 Å². The lowest BCUT2D eigenvalue weighted by Gasteiger charge is -2.11. The van der Waals surface area contributed by atoms with Crippen LogP contribution >= 0.6 is 35.0 Å². The molecule has 5 nitrogen and oxygen atoms in total. The Morgan fingerprint density at radius 1 is 1.11 bits per heavy atom. The second-order valence-corrected chi connectivity index (χ2v) is 7.44. The average molecular weight is 437 g/mol. The Kier molecular flexibility index (Phi) is 6.88. The Hall–Kier alpha value is -2.15. The van der Waals surface area contributed by atoms with E-state index in [4.69, 9.17) is 32.7 Å². The number of carbonyl (C=O) groups is 1. The quantitative estimate of drug-likeness (QED) is 0.591. The Morgan fingerprint density at radius 3 is 2.61 bits per heavy atom. The van der Waals surface area contributed by atoms with Crippen LogP contribution in [0.1, 0.15) is 19.4 Å². The number of carbonyl (C=O) groups excluding carboxylic acids is 1. The van der Waals surface area contributed by atoms with Crippen LogP contribution < -0.4 is 14.8 Å². The summed E-state index contributed by atoms with van der Waals surface area (Å²) in [5, 5.41) is 3.93. The predicted molar refractivity (Wildman–Crippen MR) is 116 cm³/mol. The minimum atomic E-state index is -0.228. The number of hydrogen-bond acceptors (Lipinski definition) is 5. The zero-order valence-electron chi connectivity index (χ0n) is 15.3. The third kappa shape index (κ3) is 4.82. The first-order valence-corrected chi connectivity index (χ1v) is 10.2. The van der Waals surface area contributed by atoms with Crippen LogP contribution in [0.2, 0.25) is 10.0 Å². The molecule has 1 aliphatic rings. The normalized spacial score (nSPS) is 16.5. The SMILES string of the molecule is CCOc1ccc(/C=C2/SC(=Nc3cccc(Cl)c3Cl)NC2=O)cc1OCC. The van der Waals surface area contributed by atoms with E-state index in [0.29, 0.717) is 50.5 Å². The summed E-state index contributed by atoms with van der Waals surface area (Å²) >= 11 is 13.4. The molecule has 0 unspecified atom stereocenters. The zero-order chi connectivity index (χ0) is 20.1. The van der Waals surface area contributed by atoms with E-state index in [-0.39, 0.29) is 5.91 Å². The molecule has 1 saturated heterocycles. The molecule has 8 heteroatoms. The number of nitrogens with one attached hydrogen (secondary N) is 1. The Balaban J connectivity index is 1.85. The fourth-order valence-electron chi connectivity index (χ4n) is 2.48. The summed E-state index contributed by atoms with van der Waals surface area (Å²) in [5.41, 5.74) is 1.32. The molecule has 3 rings (SSSR count). The van der Waals surface area contributed by atoms with E-state index < -0.39 is 0 Å². The maximum absolute atomic E-state index is 12.3. The minimum Gasteiger partial charge on any atom is -0.490 e. The van der Waals surface area contributed by atoms with Crippen LogP contribution in [-0.4, -0.2) is 24.3 Å². The summed E-state index contributed by atoms with van der Waals surface area (Å²) in [7, 11) is 0. The Labute approximate surface area is 177 Å². The van der Waals surface area contributed by atoms with Gasteiger partial charge in [0, 0.05) is 0 Å². The molecule has 146 valence electrons. The molecule has 1 amide bonds. The van der Waals surface area contributed by atoms with E-state index in [1.807, 2.05) is 32.0 Å². The maximum atomic E-state index is 12.3. The summed E-state index contributed by atoms with van der Waals surface area (Å²) in [6, 6.07) is 10.7. The van der Waals surface area contributed by atoms with E-state index in [2.05, 4.69) is 10.3 Å². The predicted octanol–water partition coefficient (Wildman–Crippen LogP) is 5.68. The number of halogens is 2. The van der Waals surface area contributed by atoms with Crippen molar-refractivity contribution in [1.29, 1.82) is 0 Å². The summed E-state index contributed by atoms with van der Waals surface area (Å²) in [4.78, 5) is 17.2. The number of thioether (sulfide) groups is 1. The fourth-order valence-corrected chi connectivity index (χ4v) is 3.65. The molecule has 2 aromatic rings. The molecule has 0 aliphatic carbocycles. The van der Waals surface area contributed by atoms with E-state index in [0.717, 1.165) is 5.56 Å². The van der Waals surface area contributed by atoms with Gasteiger partial charge in [0.15, 0.2) is 16.7 Å². The summed E-state index contributed by atoms with van der Waals surface area (Å²) < 4.78 is 11.2. The number of aliphatic imine (C=N–C) groups is 1. The monoisotopic (exact) mass is 436 g/mol. The van der Waals surface area contributed by atoms with Gasteiger partial charge in [-0.3, -0.25) is 4.79 Å². The van der Waals surface area contributed by atoms with Crippen LogP contribution in [0.25, 0.3) is 6.08 Å². The largest absolute Gasteiger partial charge is 0.490 e. The van der Waals surface area contributed by atoms with Gasteiger partial charge in [0.1, 0.15) is 0 Å². The lowest BCUT2D eigenvalue weighted by atomic mass is 10.2. The van der Waals surface area contributed by atoms with Crippen LogP contribution in [0.15, 0.2) is 46.3 Å². The van der Waals surface area contributed by atoms with Gasteiger partial charge in [0.25, 0.3) is 5.91 Å². The molecule has 0 atom stereocenters. The first kappa shape index (κ1) is 20.6. The van der Waals surface area contributed by atoms with Crippen molar-refractivity contribution in [3.8, 4) is 11.5 Å². The lowest BCUT2D eigenvalue weighted by Crippen LogP contribution is -2.19. The third-order valence-electron chi connectivity index (χ3n) is 3.67. The molecule has 0 spiro atoms. The molecule has 0 saturated carbocycles. The molecule has 0 aromatic heterocycles. The highest BCUT2D eigenvalue weighted by Gasteiger charge is 2.24. The lowest BCUT2D eigenvalue weighted by molar-refractivity contribution is -0.115. The molecule has 1 aliphatic heterocycles. The van der Waals surface area contributed by atoms with Gasteiger partial charge in [-0.15, -0.1) is 0 Å². The average Bonchev–Trinajstić information content (AvgIpc) is 3.00. The van der Waals surface area contributed by atoms with Crippen molar-refractivity contribution in [3.05, 3.63) is 56.9 Å². The molecule has 0 radical (unpaired) electrons. The van der Waals surface area contributed by atoms with Crippen molar-refractivity contribution in [2.75, 3.05) is 13.2 Å². The zero-order valence-corrected chi connectivity index (χ0v) is 17.6. The highest BCUT2D eigenvalue weighted by molar-refractivity contribution is 8.18. The number of hydrogen-bond donors (Lipinski definition) is 1. The van der Waals surface area contributed by atoms with Gasteiger partial charge in [0.2, 0.25) is 0 Å². The topological polar surface area (TPSA) is 59.9 Å². The molecule has 1 heterocycles. The van der Waals surface area contributed by atoms with Gasteiger partial charge < -0.3 is 14.8 Å². The van der Waals surface area contributed by atoms with E-state index in [1.165, 1.54) is 11.8 Å². The molecular formula is C20H18Cl2N2O3S. The highest BCUT2D eigenvalue weighted by atomic mass is 35.5. The van der Waals surface area contributed by atoms with Crippen LogP contribution in [0, 0.1) is 0 Å². The van der Waals surface area contributed by atoms with E-state index >= 15 is 0 Å². The summed E-state index contributed by atoms with van der Waals surface area (Å²) in [6.45, 7) is 4.89. The summed E-state index contributed by atoms with van der Waals surface area (Å²) in [6.07, 6.45) is 1.78. The van der Waals surface area contributed by atoms with Gasteiger partial charge in [-0.2, -0.15) is 0 Å². The van der Waals surface area contributed by atoms with Crippen LogP contribution in [0.4, 0.5) is 5.69 Å². The van der Waals surface area contributed by atoms with Crippen LogP contribution in [0.3, 0.4) is 0 Å².